The van der Waals surface area contributed by atoms with Crippen LogP contribution in [0.2, 0.25) is 0 Å². The number of esters is 1. The van der Waals surface area contributed by atoms with E-state index in [-0.39, 0.29) is 11.9 Å². The number of ether oxygens (including phenoxy) is 1. The number of unbranched alkanes of at least 4 members (excludes halogenated alkanes) is 7. The fourth-order valence-corrected chi connectivity index (χ4v) is 2.30. The van der Waals surface area contributed by atoms with E-state index >= 15 is 0 Å². The SMILES string of the molecule is CCCCCCCOC(=O)C(CC)CCCCCC. The maximum Gasteiger partial charge on any atom is 0.308 e. The first kappa shape index (κ1) is 18.5. The van der Waals surface area contributed by atoms with Crippen molar-refractivity contribution in [2.45, 2.75) is 91.4 Å². The van der Waals surface area contributed by atoms with Gasteiger partial charge in [0.05, 0.1) is 12.5 Å². The Morgan fingerprint density at radius 2 is 1.42 bits per heavy atom. The molecule has 0 aliphatic carbocycles. The summed E-state index contributed by atoms with van der Waals surface area (Å²) < 4.78 is 5.39. The second kappa shape index (κ2) is 13.9. The lowest BCUT2D eigenvalue weighted by Gasteiger charge is -2.14. The summed E-state index contributed by atoms with van der Waals surface area (Å²) in [4.78, 5) is 11.9. The van der Waals surface area contributed by atoms with Crippen molar-refractivity contribution in [1.82, 2.24) is 0 Å². The normalized spacial score (nSPS) is 12.4. The maximum atomic E-state index is 11.9. The Morgan fingerprint density at radius 3 is 2.00 bits per heavy atom. The molecule has 0 bridgehead atoms. The third kappa shape index (κ3) is 11.0. The quantitative estimate of drug-likeness (QED) is 0.326. The van der Waals surface area contributed by atoms with Gasteiger partial charge in [-0.05, 0) is 19.3 Å². The Balaban J connectivity index is 3.58. The molecule has 0 aromatic heterocycles. The van der Waals surface area contributed by atoms with Gasteiger partial charge < -0.3 is 4.74 Å². The molecule has 0 heterocycles. The number of carbonyl (C=O) groups is 1. The van der Waals surface area contributed by atoms with Gasteiger partial charge in [0.2, 0.25) is 0 Å². The Hall–Kier alpha value is -0.530. The van der Waals surface area contributed by atoms with Gasteiger partial charge in [-0.3, -0.25) is 4.79 Å². The molecule has 2 heteroatoms. The second-order valence-corrected chi connectivity index (χ2v) is 5.54. The highest BCUT2D eigenvalue weighted by Crippen LogP contribution is 2.16. The molecule has 0 aromatic carbocycles. The third-order valence-corrected chi connectivity index (χ3v) is 3.72. The Kier molecular flexibility index (Phi) is 13.5. The summed E-state index contributed by atoms with van der Waals surface area (Å²) in [5, 5.41) is 0. The van der Waals surface area contributed by atoms with Crippen molar-refractivity contribution in [1.29, 1.82) is 0 Å². The summed E-state index contributed by atoms with van der Waals surface area (Å²) in [6.07, 6.45) is 12.9. The predicted octanol–water partition coefficient (Wildman–Crippen LogP) is 5.50. The first-order chi connectivity index (χ1) is 9.26. The van der Waals surface area contributed by atoms with E-state index in [1.807, 2.05) is 0 Å². The Morgan fingerprint density at radius 1 is 0.842 bits per heavy atom. The van der Waals surface area contributed by atoms with Crippen molar-refractivity contribution in [3.05, 3.63) is 0 Å². The highest BCUT2D eigenvalue weighted by atomic mass is 16.5. The van der Waals surface area contributed by atoms with Gasteiger partial charge >= 0.3 is 5.97 Å². The lowest BCUT2D eigenvalue weighted by atomic mass is 9.98. The fourth-order valence-electron chi connectivity index (χ4n) is 2.30. The molecule has 0 rings (SSSR count). The van der Waals surface area contributed by atoms with Crippen LogP contribution in [0.15, 0.2) is 0 Å². The van der Waals surface area contributed by atoms with Gasteiger partial charge in [-0.25, -0.2) is 0 Å². The summed E-state index contributed by atoms with van der Waals surface area (Å²) >= 11 is 0. The zero-order valence-electron chi connectivity index (χ0n) is 13.4. The van der Waals surface area contributed by atoms with Crippen molar-refractivity contribution in [2.75, 3.05) is 6.61 Å². The summed E-state index contributed by atoms with van der Waals surface area (Å²) in [5.41, 5.74) is 0. The molecule has 2 nitrogen and oxygen atoms in total. The van der Waals surface area contributed by atoms with Crippen LogP contribution < -0.4 is 0 Å². The molecule has 19 heavy (non-hydrogen) atoms. The Labute approximate surface area is 120 Å². The van der Waals surface area contributed by atoms with Gasteiger partial charge in [-0.15, -0.1) is 0 Å². The molecular weight excluding hydrogens is 236 g/mol. The second-order valence-electron chi connectivity index (χ2n) is 5.54. The van der Waals surface area contributed by atoms with E-state index in [2.05, 4.69) is 20.8 Å². The van der Waals surface area contributed by atoms with Crippen LogP contribution in [0.3, 0.4) is 0 Å². The maximum absolute atomic E-state index is 11.9. The van der Waals surface area contributed by atoms with E-state index in [9.17, 15) is 4.79 Å². The van der Waals surface area contributed by atoms with Crippen LogP contribution in [0.1, 0.15) is 91.4 Å². The Bertz CT molecular complexity index is 201. The van der Waals surface area contributed by atoms with Crippen molar-refractivity contribution in [3.63, 3.8) is 0 Å². The van der Waals surface area contributed by atoms with Crippen molar-refractivity contribution >= 4 is 5.97 Å². The van der Waals surface area contributed by atoms with E-state index in [0.717, 1.165) is 25.7 Å². The van der Waals surface area contributed by atoms with E-state index in [4.69, 9.17) is 4.74 Å². The van der Waals surface area contributed by atoms with Gasteiger partial charge in [0, 0.05) is 0 Å². The largest absolute Gasteiger partial charge is 0.465 e. The van der Waals surface area contributed by atoms with E-state index in [0.29, 0.717) is 6.61 Å². The monoisotopic (exact) mass is 270 g/mol. The minimum Gasteiger partial charge on any atom is -0.465 e. The lowest BCUT2D eigenvalue weighted by Crippen LogP contribution is -2.17. The lowest BCUT2D eigenvalue weighted by molar-refractivity contribution is -0.149. The minimum atomic E-state index is 0.0366. The molecule has 0 aromatic rings. The highest BCUT2D eigenvalue weighted by Gasteiger charge is 2.17. The van der Waals surface area contributed by atoms with Crippen molar-refractivity contribution in [2.24, 2.45) is 5.92 Å². The zero-order valence-corrected chi connectivity index (χ0v) is 13.4. The van der Waals surface area contributed by atoms with Gasteiger partial charge in [0.15, 0.2) is 0 Å². The summed E-state index contributed by atoms with van der Waals surface area (Å²) in [7, 11) is 0. The molecule has 0 saturated heterocycles. The number of hydrogen-bond donors (Lipinski definition) is 0. The fraction of sp³-hybridized carbons (Fsp3) is 0.941. The zero-order chi connectivity index (χ0) is 14.3. The highest BCUT2D eigenvalue weighted by molar-refractivity contribution is 5.72. The van der Waals surface area contributed by atoms with Crippen LogP contribution in [0.5, 0.6) is 0 Å². The molecule has 0 amide bonds. The smallest absolute Gasteiger partial charge is 0.308 e. The number of carbonyl (C=O) groups excluding carboxylic acids is 1. The van der Waals surface area contributed by atoms with E-state index in [1.165, 1.54) is 44.9 Å². The molecule has 1 atom stereocenters. The molecule has 0 fully saturated rings. The molecule has 0 aliphatic rings. The molecular formula is C17H34O2. The van der Waals surface area contributed by atoms with Crippen LogP contribution >= 0.6 is 0 Å². The molecule has 0 N–H and O–H groups in total. The molecule has 0 saturated carbocycles. The van der Waals surface area contributed by atoms with Crippen LogP contribution in [0, 0.1) is 5.92 Å². The first-order valence-corrected chi connectivity index (χ1v) is 8.42. The van der Waals surface area contributed by atoms with Crippen LogP contribution in [0.25, 0.3) is 0 Å². The molecule has 0 radical (unpaired) electrons. The first-order valence-electron chi connectivity index (χ1n) is 8.42. The van der Waals surface area contributed by atoms with Crippen molar-refractivity contribution in [3.8, 4) is 0 Å². The molecule has 114 valence electrons. The van der Waals surface area contributed by atoms with Gasteiger partial charge in [0.1, 0.15) is 0 Å². The average Bonchev–Trinajstić information content (AvgIpc) is 2.42. The summed E-state index contributed by atoms with van der Waals surface area (Å²) in [5.74, 6) is 0.169. The van der Waals surface area contributed by atoms with Gasteiger partial charge in [-0.2, -0.15) is 0 Å². The number of rotatable bonds is 13. The number of hydrogen-bond acceptors (Lipinski definition) is 2. The summed E-state index contributed by atoms with van der Waals surface area (Å²) in [6.45, 7) is 7.13. The van der Waals surface area contributed by atoms with Crippen LogP contribution in [-0.4, -0.2) is 12.6 Å². The van der Waals surface area contributed by atoms with Gasteiger partial charge in [0.25, 0.3) is 0 Å². The van der Waals surface area contributed by atoms with E-state index < -0.39 is 0 Å². The molecule has 1 unspecified atom stereocenters. The summed E-state index contributed by atoms with van der Waals surface area (Å²) in [6, 6.07) is 0. The molecule has 0 aliphatic heterocycles. The molecule has 0 spiro atoms. The van der Waals surface area contributed by atoms with Crippen LogP contribution in [0.4, 0.5) is 0 Å². The minimum absolute atomic E-state index is 0.0366. The van der Waals surface area contributed by atoms with Crippen molar-refractivity contribution < 1.29 is 9.53 Å². The van der Waals surface area contributed by atoms with Gasteiger partial charge in [-0.1, -0.05) is 72.1 Å². The topological polar surface area (TPSA) is 26.3 Å². The average molecular weight is 270 g/mol. The van der Waals surface area contributed by atoms with E-state index in [1.54, 1.807) is 0 Å². The van der Waals surface area contributed by atoms with Crippen LogP contribution in [-0.2, 0) is 9.53 Å². The standard InChI is InChI=1S/C17H34O2/c1-4-7-9-11-13-15-19-17(18)16(6-3)14-12-10-8-5-2/h16H,4-15H2,1-3H3. The predicted molar refractivity (Wildman–Crippen MR) is 82.3 cm³/mol. The third-order valence-electron chi connectivity index (χ3n) is 3.72.